The summed E-state index contributed by atoms with van der Waals surface area (Å²) in [5, 5.41) is 0. The van der Waals surface area contributed by atoms with Gasteiger partial charge < -0.3 is 9.64 Å². The second-order valence-electron chi connectivity index (χ2n) is 6.31. The van der Waals surface area contributed by atoms with Gasteiger partial charge in [-0.25, -0.2) is 0 Å². The molecule has 2 aromatic rings. The van der Waals surface area contributed by atoms with Gasteiger partial charge in [0.05, 0.1) is 5.60 Å². The van der Waals surface area contributed by atoms with Gasteiger partial charge in [-0.05, 0) is 36.5 Å². The van der Waals surface area contributed by atoms with Crippen LogP contribution in [-0.2, 0) is 21.6 Å². The van der Waals surface area contributed by atoms with E-state index >= 15 is 0 Å². The van der Waals surface area contributed by atoms with E-state index in [1.807, 2.05) is 41.4 Å². The van der Waals surface area contributed by atoms with Crippen LogP contribution in [-0.4, -0.2) is 36.0 Å². The average molecular weight is 324 g/mol. The van der Waals surface area contributed by atoms with E-state index in [0.717, 1.165) is 37.9 Å². The summed E-state index contributed by atoms with van der Waals surface area (Å²) >= 11 is 0. The van der Waals surface area contributed by atoms with Crippen molar-refractivity contribution in [2.75, 3.05) is 20.2 Å². The van der Waals surface area contributed by atoms with Gasteiger partial charge in [0.2, 0.25) is 5.91 Å². The third kappa shape index (κ3) is 3.65. The largest absolute Gasteiger partial charge is 0.373 e. The van der Waals surface area contributed by atoms with E-state index in [9.17, 15) is 4.79 Å². The van der Waals surface area contributed by atoms with E-state index in [4.69, 9.17) is 4.74 Å². The van der Waals surface area contributed by atoms with Crippen molar-refractivity contribution in [3.63, 3.8) is 0 Å². The van der Waals surface area contributed by atoms with Gasteiger partial charge in [-0.3, -0.25) is 9.78 Å². The maximum absolute atomic E-state index is 12.5. The molecule has 0 unspecified atom stereocenters. The van der Waals surface area contributed by atoms with Gasteiger partial charge >= 0.3 is 0 Å². The first-order valence-corrected chi connectivity index (χ1v) is 8.51. The van der Waals surface area contributed by atoms with Gasteiger partial charge in [0.25, 0.3) is 0 Å². The summed E-state index contributed by atoms with van der Waals surface area (Å²) in [5.41, 5.74) is 2.05. The molecule has 0 spiro atoms. The fourth-order valence-corrected chi connectivity index (χ4v) is 3.43. The number of methoxy groups -OCH3 is 1. The van der Waals surface area contributed by atoms with E-state index in [-0.39, 0.29) is 11.5 Å². The molecule has 0 saturated carbocycles. The molecule has 0 atom stereocenters. The summed E-state index contributed by atoms with van der Waals surface area (Å²) in [5.74, 6) is 0.219. The molecule has 0 N–H and O–H groups in total. The maximum atomic E-state index is 12.5. The van der Waals surface area contributed by atoms with Crippen LogP contribution in [0.15, 0.2) is 54.9 Å². The summed E-state index contributed by atoms with van der Waals surface area (Å²) in [6.45, 7) is 1.49. The van der Waals surface area contributed by atoms with E-state index in [1.54, 1.807) is 13.3 Å². The zero-order chi connectivity index (χ0) is 16.8. The van der Waals surface area contributed by atoms with Gasteiger partial charge in [0.1, 0.15) is 0 Å². The van der Waals surface area contributed by atoms with Gasteiger partial charge in [0, 0.05) is 39.0 Å². The molecule has 1 amide bonds. The van der Waals surface area contributed by atoms with Crippen LogP contribution in [0.1, 0.15) is 30.4 Å². The lowest BCUT2D eigenvalue weighted by Gasteiger charge is -2.41. The quantitative estimate of drug-likeness (QED) is 0.848. The number of amides is 1. The van der Waals surface area contributed by atoms with Crippen molar-refractivity contribution in [2.45, 2.75) is 31.3 Å². The van der Waals surface area contributed by atoms with E-state index in [2.05, 4.69) is 17.1 Å². The maximum Gasteiger partial charge on any atom is 0.222 e. The molecule has 1 aromatic carbocycles. The predicted octanol–water partition coefficient (Wildman–Crippen LogP) is 3.18. The second kappa shape index (κ2) is 7.58. The van der Waals surface area contributed by atoms with E-state index in [0.29, 0.717) is 6.42 Å². The first-order valence-electron chi connectivity index (χ1n) is 8.51. The fourth-order valence-electron chi connectivity index (χ4n) is 3.43. The number of nitrogens with zero attached hydrogens (tertiary/aromatic N) is 2. The fraction of sp³-hybridized carbons (Fsp3) is 0.400. The highest BCUT2D eigenvalue weighted by Gasteiger charge is 2.37. The molecule has 2 heterocycles. The smallest absolute Gasteiger partial charge is 0.222 e. The van der Waals surface area contributed by atoms with Gasteiger partial charge in [0.15, 0.2) is 0 Å². The number of piperidine rings is 1. The Kier molecular flexibility index (Phi) is 5.26. The molecule has 1 aliphatic rings. The summed E-state index contributed by atoms with van der Waals surface area (Å²) in [6, 6.07) is 14.3. The van der Waals surface area contributed by atoms with Crippen LogP contribution >= 0.6 is 0 Å². The third-order valence-corrected chi connectivity index (χ3v) is 4.96. The zero-order valence-corrected chi connectivity index (χ0v) is 14.1. The molecular weight excluding hydrogens is 300 g/mol. The Hall–Kier alpha value is -2.20. The monoisotopic (exact) mass is 324 g/mol. The second-order valence-corrected chi connectivity index (χ2v) is 6.31. The van der Waals surface area contributed by atoms with Gasteiger partial charge in [-0.1, -0.05) is 36.4 Å². The van der Waals surface area contributed by atoms with Crippen molar-refractivity contribution in [3.05, 3.63) is 66.0 Å². The molecule has 1 fully saturated rings. The van der Waals surface area contributed by atoms with Gasteiger partial charge in [-0.2, -0.15) is 0 Å². The SMILES string of the molecule is COC1(c2ccccc2)CCN(C(=O)CCc2cccnc2)CC1. The predicted molar refractivity (Wildman–Crippen MR) is 93.5 cm³/mol. The molecule has 0 aliphatic carbocycles. The minimum atomic E-state index is -0.263. The van der Waals surface area contributed by atoms with Crippen molar-refractivity contribution in [1.29, 1.82) is 0 Å². The lowest BCUT2D eigenvalue weighted by atomic mass is 9.84. The number of aryl methyl sites for hydroxylation is 1. The lowest BCUT2D eigenvalue weighted by Crippen LogP contribution is -2.46. The summed E-state index contributed by atoms with van der Waals surface area (Å²) in [7, 11) is 1.77. The Morgan fingerprint density at radius 3 is 2.54 bits per heavy atom. The number of carbonyl (C=O) groups is 1. The molecule has 24 heavy (non-hydrogen) atoms. The molecule has 4 heteroatoms. The number of likely N-dealkylation sites (tertiary alicyclic amines) is 1. The molecule has 0 bridgehead atoms. The van der Waals surface area contributed by atoms with Crippen LogP contribution in [0.5, 0.6) is 0 Å². The van der Waals surface area contributed by atoms with Crippen molar-refractivity contribution >= 4 is 5.91 Å². The number of carbonyl (C=O) groups excluding carboxylic acids is 1. The topological polar surface area (TPSA) is 42.4 Å². The highest BCUT2D eigenvalue weighted by Crippen LogP contribution is 2.36. The van der Waals surface area contributed by atoms with Crippen molar-refractivity contribution < 1.29 is 9.53 Å². The third-order valence-electron chi connectivity index (χ3n) is 4.96. The minimum Gasteiger partial charge on any atom is -0.373 e. The Balaban J connectivity index is 1.57. The molecular formula is C20H24N2O2. The van der Waals surface area contributed by atoms with Crippen molar-refractivity contribution in [2.24, 2.45) is 0 Å². The molecule has 1 aliphatic heterocycles. The minimum absolute atomic E-state index is 0.219. The van der Waals surface area contributed by atoms with Crippen LogP contribution < -0.4 is 0 Å². The van der Waals surface area contributed by atoms with Crippen LogP contribution in [0, 0.1) is 0 Å². The molecule has 1 saturated heterocycles. The number of aromatic nitrogens is 1. The first-order chi connectivity index (χ1) is 11.7. The van der Waals surface area contributed by atoms with Crippen LogP contribution in [0.3, 0.4) is 0 Å². The van der Waals surface area contributed by atoms with Crippen LogP contribution in [0.2, 0.25) is 0 Å². The highest BCUT2D eigenvalue weighted by molar-refractivity contribution is 5.76. The summed E-state index contributed by atoms with van der Waals surface area (Å²) in [4.78, 5) is 18.5. The highest BCUT2D eigenvalue weighted by atomic mass is 16.5. The van der Waals surface area contributed by atoms with Crippen LogP contribution in [0.4, 0.5) is 0 Å². The average Bonchev–Trinajstić information content (AvgIpc) is 2.67. The molecule has 3 rings (SSSR count). The zero-order valence-electron chi connectivity index (χ0n) is 14.1. The van der Waals surface area contributed by atoms with Crippen molar-refractivity contribution in [3.8, 4) is 0 Å². The normalized spacial score (nSPS) is 16.8. The Morgan fingerprint density at radius 1 is 1.17 bits per heavy atom. The number of rotatable bonds is 5. The standard InChI is InChI=1S/C20H24N2O2/c1-24-20(18-7-3-2-4-8-18)11-14-22(15-12-20)19(23)10-9-17-6-5-13-21-16-17/h2-8,13,16H,9-12,14-15H2,1H3. The molecule has 1 aromatic heterocycles. The van der Waals surface area contributed by atoms with Gasteiger partial charge in [-0.15, -0.1) is 0 Å². The number of pyridine rings is 1. The Bertz CT molecular complexity index is 650. The number of hydrogen-bond acceptors (Lipinski definition) is 3. The van der Waals surface area contributed by atoms with Crippen molar-refractivity contribution in [1.82, 2.24) is 9.88 Å². The number of benzene rings is 1. The summed E-state index contributed by atoms with van der Waals surface area (Å²) < 4.78 is 5.88. The summed E-state index contributed by atoms with van der Waals surface area (Å²) in [6.07, 6.45) is 6.55. The molecule has 4 nitrogen and oxygen atoms in total. The van der Waals surface area contributed by atoms with Crippen LogP contribution in [0.25, 0.3) is 0 Å². The molecule has 0 radical (unpaired) electrons. The van der Waals surface area contributed by atoms with E-state index < -0.39 is 0 Å². The first kappa shape index (κ1) is 16.7. The van der Waals surface area contributed by atoms with E-state index in [1.165, 1.54) is 5.56 Å². The Morgan fingerprint density at radius 2 is 1.92 bits per heavy atom. The number of hydrogen-bond donors (Lipinski definition) is 0. The lowest BCUT2D eigenvalue weighted by molar-refractivity contribution is -0.137. The number of ether oxygens (including phenoxy) is 1. The Labute approximate surface area is 143 Å². The molecule has 126 valence electrons.